The predicted octanol–water partition coefficient (Wildman–Crippen LogP) is 10.6. The number of hydrogen-bond acceptors (Lipinski definition) is 2. The Labute approximate surface area is 252 Å². The molecule has 8 rings (SSSR count). The van der Waals surface area contributed by atoms with Crippen LogP contribution in [-0.4, -0.2) is 9.97 Å². The van der Waals surface area contributed by atoms with Gasteiger partial charge in [0.15, 0.2) is 5.82 Å². The van der Waals surface area contributed by atoms with Gasteiger partial charge in [0.2, 0.25) is 0 Å². The second-order valence-electron chi connectivity index (χ2n) is 11.9. The van der Waals surface area contributed by atoms with Crippen molar-refractivity contribution in [2.45, 2.75) is 19.3 Å². The molecule has 0 fully saturated rings. The van der Waals surface area contributed by atoms with Gasteiger partial charge in [-0.3, -0.25) is 0 Å². The largest absolute Gasteiger partial charge is 0.228 e. The summed E-state index contributed by atoms with van der Waals surface area (Å²) < 4.78 is 0. The van der Waals surface area contributed by atoms with Crippen LogP contribution in [0.15, 0.2) is 146 Å². The predicted molar refractivity (Wildman–Crippen MR) is 179 cm³/mol. The summed E-state index contributed by atoms with van der Waals surface area (Å²) >= 11 is 0. The van der Waals surface area contributed by atoms with Crippen molar-refractivity contribution in [1.82, 2.24) is 9.97 Å². The molecule has 0 saturated carbocycles. The number of aromatic nitrogens is 2. The summed E-state index contributed by atoms with van der Waals surface area (Å²) in [6.45, 7) is 4.70. The van der Waals surface area contributed by atoms with Gasteiger partial charge in [0, 0.05) is 22.1 Å². The van der Waals surface area contributed by atoms with Crippen LogP contribution in [0.4, 0.5) is 0 Å². The summed E-state index contributed by atoms with van der Waals surface area (Å²) in [6, 6.07) is 51.8. The zero-order chi connectivity index (χ0) is 29.0. The van der Waals surface area contributed by atoms with Crippen molar-refractivity contribution in [2.24, 2.45) is 0 Å². The number of hydrogen-bond donors (Lipinski definition) is 0. The zero-order valence-corrected chi connectivity index (χ0v) is 24.3. The van der Waals surface area contributed by atoms with Gasteiger partial charge in [-0.05, 0) is 74.5 Å². The van der Waals surface area contributed by atoms with Crippen molar-refractivity contribution >= 4 is 10.8 Å². The maximum absolute atomic E-state index is 5.06. The summed E-state index contributed by atoms with van der Waals surface area (Å²) in [5, 5.41) is 2.58. The van der Waals surface area contributed by atoms with Crippen LogP contribution in [0.25, 0.3) is 66.9 Å². The first-order valence-electron chi connectivity index (χ1n) is 14.8. The molecule has 0 bridgehead atoms. The van der Waals surface area contributed by atoms with E-state index in [4.69, 9.17) is 9.97 Å². The average molecular weight is 551 g/mol. The number of benzene rings is 6. The van der Waals surface area contributed by atoms with Crippen molar-refractivity contribution in [2.75, 3.05) is 0 Å². The minimum Gasteiger partial charge on any atom is -0.228 e. The molecule has 0 unspecified atom stereocenters. The molecule has 6 aromatic carbocycles. The van der Waals surface area contributed by atoms with E-state index in [1.54, 1.807) is 0 Å². The summed E-state index contributed by atoms with van der Waals surface area (Å²) in [4.78, 5) is 10.0. The highest BCUT2D eigenvalue weighted by atomic mass is 14.9. The Balaban J connectivity index is 1.23. The van der Waals surface area contributed by atoms with Crippen LogP contribution in [0.3, 0.4) is 0 Å². The van der Waals surface area contributed by atoms with Gasteiger partial charge in [0.1, 0.15) is 0 Å². The van der Waals surface area contributed by atoms with E-state index in [1.165, 1.54) is 44.2 Å². The second-order valence-corrected chi connectivity index (χ2v) is 11.9. The van der Waals surface area contributed by atoms with Gasteiger partial charge in [-0.25, -0.2) is 9.97 Å². The van der Waals surface area contributed by atoms with Crippen LogP contribution in [-0.2, 0) is 5.41 Å². The molecule has 1 aliphatic carbocycles. The van der Waals surface area contributed by atoms with Gasteiger partial charge < -0.3 is 0 Å². The summed E-state index contributed by atoms with van der Waals surface area (Å²) in [5.74, 6) is 0.729. The van der Waals surface area contributed by atoms with Crippen LogP contribution >= 0.6 is 0 Å². The van der Waals surface area contributed by atoms with E-state index in [0.29, 0.717) is 0 Å². The zero-order valence-electron chi connectivity index (χ0n) is 24.3. The highest BCUT2D eigenvalue weighted by molar-refractivity contribution is 5.94. The van der Waals surface area contributed by atoms with Crippen LogP contribution < -0.4 is 0 Å². The molecule has 204 valence electrons. The van der Waals surface area contributed by atoms with Gasteiger partial charge in [-0.2, -0.15) is 0 Å². The van der Waals surface area contributed by atoms with E-state index >= 15 is 0 Å². The van der Waals surface area contributed by atoms with Gasteiger partial charge in [0.05, 0.1) is 11.4 Å². The fourth-order valence-electron chi connectivity index (χ4n) is 6.53. The van der Waals surface area contributed by atoms with Crippen LogP contribution in [0.5, 0.6) is 0 Å². The monoisotopic (exact) mass is 550 g/mol. The van der Waals surface area contributed by atoms with E-state index in [1.807, 2.05) is 24.3 Å². The summed E-state index contributed by atoms with van der Waals surface area (Å²) in [7, 11) is 0. The van der Waals surface area contributed by atoms with Crippen LogP contribution in [0.1, 0.15) is 25.0 Å². The highest BCUT2D eigenvalue weighted by Gasteiger charge is 2.35. The molecule has 0 radical (unpaired) electrons. The molecule has 0 amide bonds. The van der Waals surface area contributed by atoms with Crippen LogP contribution in [0, 0.1) is 0 Å². The SMILES string of the molecule is CC1(C)c2cc(-c3cccc(-c4cc(-c5ccccc5)nc(-c5ccccc5)n4)c3)ccc2-c2cc3ccccc3cc21. The number of nitrogens with zero attached hydrogens (tertiary/aromatic N) is 2. The van der Waals surface area contributed by atoms with Crippen molar-refractivity contribution in [1.29, 1.82) is 0 Å². The highest BCUT2D eigenvalue weighted by Crippen LogP contribution is 2.50. The Kier molecular flexibility index (Phi) is 5.84. The van der Waals surface area contributed by atoms with Crippen LogP contribution in [0.2, 0.25) is 0 Å². The van der Waals surface area contributed by atoms with Gasteiger partial charge in [-0.15, -0.1) is 0 Å². The maximum atomic E-state index is 5.06. The number of fused-ring (bicyclic) bond motifs is 4. The minimum atomic E-state index is -0.0792. The molecule has 0 atom stereocenters. The standard InChI is InChI=1S/C41H30N2/c1-41(2)36-25-32(20-21-34(36)35-23-30-16-9-10-17-31(30)24-37(35)41)29-18-11-19-33(22-29)39-26-38(27-12-5-3-6-13-27)42-40(43-39)28-14-7-4-8-15-28/h3-26H,1-2H3. The molecule has 0 spiro atoms. The summed E-state index contributed by atoms with van der Waals surface area (Å²) in [5.41, 5.74) is 12.8. The Morgan fingerprint density at radius 2 is 0.953 bits per heavy atom. The Hall–Kier alpha value is -5.34. The normalized spacial score (nSPS) is 13.1. The average Bonchev–Trinajstić information content (AvgIpc) is 3.29. The smallest absolute Gasteiger partial charge is 0.160 e. The second kappa shape index (κ2) is 9.89. The fraction of sp³-hybridized carbons (Fsp3) is 0.0732. The van der Waals surface area contributed by atoms with Crippen molar-refractivity contribution in [3.63, 3.8) is 0 Å². The summed E-state index contributed by atoms with van der Waals surface area (Å²) in [6.07, 6.45) is 0. The molecular formula is C41H30N2. The van der Waals surface area contributed by atoms with Crippen molar-refractivity contribution in [3.05, 3.63) is 157 Å². The lowest BCUT2D eigenvalue weighted by atomic mass is 9.81. The number of rotatable bonds is 4. The Bertz CT molecular complexity index is 2090. The topological polar surface area (TPSA) is 25.8 Å². The van der Waals surface area contributed by atoms with E-state index in [-0.39, 0.29) is 5.41 Å². The molecule has 2 heteroatoms. The third-order valence-corrected chi connectivity index (χ3v) is 8.86. The molecule has 43 heavy (non-hydrogen) atoms. The molecule has 0 aliphatic heterocycles. The fourth-order valence-corrected chi connectivity index (χ4v) is 6.53. The van der Waals surface area contributed by atoms with Crippen molar-refractivity contribution < 1.29 is 0 Å². The molecule has 0 saturated heterocycles. The lowest BCUT2D eigenvalue weighted by Crippen LogP contribution is -2.15. The molecule has 0 N–H and O–H groups in total. The van der Waals surface area contributed by atoms with E-state index in [0.717, 1.165) is 33.9 Å². The van der Waals surface area contributed by atoms with E-state index < -0.39 is 0 Å². The first-order chi connectivity index (χ1) is 21.0. The van der Waals surface area contributed by atoms with Gasteiger partial charge in [0.25, 0.3) is 0 Å². The van der Waals surface area contributed by atoms with E-state index in [9.17, 15) is 0 Å². The minimum absolute atomic E-state index is 0.0792. The molecule has 1 heterocycles. The molecule has 2 nitrogen and oxygen atoms in total. The quantitative estimate of drug-likeness (QED) is 0.218. The van der Waals surface area contributed by atoms with Gasteiger partial charge >= 0.3 is 0 Å². The lowest BCUT2D eigenvalue weighted by Gasteiger charge is -2.22. The molecule has 1 aliphatic rings. The molecule has 7 aromatic rings. The first kappa shape index (κ1) is 25.4. The molecule has 1 aromatic heterocycles. The lowest BCUT2D eigenvalue weighted by molar-refractivity contribution is 0.661. The first-order valence-corrected chi connectivity index (χ1v) is 14.8. The van der Waals surface area contributed by atoms with Gasteiger partial charge in [-0.1, -0.05) is 129 Å². The third-order valence-electron chi connectivity index (χ3n) is 8.86. The van der Waals surface area contributed by atoms with Crippen molar-refractivity contribution in [3.8, 4) is 56.2 Å². The Morgan fingerprint density at radius 1 is 0.395 bits per heavy atom. The maximum Gasteiger partial charge on any atom is 0.160 e. The molecular weight excluding hydrogens is 520 g/mol. The van der Waals surface area contributed by atoms with E-state index in [2.05, 4.69) is 135 Å². The third kappa shape index (κ3) is 4.35. The Morgan fingerprint density at radius 3 is 1.70 bits per heavy atom.